The summed E-state index contributed by atoms with van der Waals surface area (Å²) in [5.41, 5.74) is 6.40. The first kappa shape index (κ1) is 14.7. The molecule has 1 amide bonds. The van der Waals surface area contributed by atoms with Crippen molar-refractivity contribution in [3.63, 3.8) is 0 Å². The van der Waals surface area contributed by atoms with Gasteiger partial charge in [0, 0.05) is 3.57 Å². The summed E-state index contributed by atoms with van der Waals surface area (Å²) in [5.74, 6) is 0.199. The first-order valence-electron chi connectivity index (χ1n) is 5.41. The average molecular weight is 367 g/mol. The van der Waals surface area contributed by atoms with Crippen molar-refractivity contribution in [3.05, 3.63) is 26.8 Å². The van der Waals surface area contributed by atoms with Crippen LogP contribution in [0.25, 0.3) is 0 Å². The molecule has 3 nitrogen and oxygen atoms in total. The lowest BCUT2D eigenvalue weighted by molar-refractivity contribution is -0.117. The highest BCUT2D eigenvalue weighted by Gasteiger charge is 2.16. The Morgan fingerprint density at radius 1 is 1.53 bits per heavy atom. The third kappa shape index (κ3) is 4.81. The maximum absolute atomic E-state index is 11.8. The van der Waals surface area contributed by atoms with E-state index in [-0.39, 0.29) is 5.91 Å². The second-order valence-electron chi connectivity index (χ2n) is 4.35. The molecule has 5 heteroatoms. The number of hydrogen-bond donors (Lipinski definition) is 2. The second-order valence-corrected chi connectivity index (χ2v) is 6.00. The molecule has 1 unspecified atom stereocenters. The fourth-order valence-corrected chi connectivity index (χ4v) is 2.33. The highest BCUT2D eigenvalue weighted by Crippen LogP contribution is 2.24. The van der Waals surface area contributed by atoms with Crippen LogP contribution in [0.3, 0.4) is 0 Å². The number of carbonyl (C=O) groups is 1. The number of amides is 1. The second kappa shape index (κ2) is 6.56. The molecule has 17 heavy (non-hydrogen) atoms. The van der Waals surface area contributed by atoms with Crippen LogP contribution in [0.2, 0.25) is 5.02 Å². The zero-order chi connectivity index (χ0) is 13.0. The fourth-order valence-electron chi connectivity index (χ4n) is 1.43. The first-order chi connectivity index (χ1) is 7.90. The standard InChI is InChI=1S/C12H16ClIN2O/c1-7(2)5-10(15)12(17)16-11-4-3-8(14)6-9(11)13/h3-4,6-7,10H,5,15H2,1-2H3,(H,16,17). The molecule has 1 atom stereocenters. The van der Waals surface area contributed by atoms with Gasteiger partial charge in [-0.25, -0.2) is 0 Å². The molecule has 0 aliphatic carbocycles. The van der Waals surface area contributed by atoms with E-state index in [1.807, 2.05) is 19.9 Å². The van der Waals surface area contributed by atoms with Crippen LogP contribution in [0.1, 0.15) is 20.3 Å². The van der Waals surface area contributed by atoms with E-state index in [2.05, 4.69) is 27.9 Å². The number of rotatable bonds is 4. The molecule has 0 heterocycles. The Bertz CT molecular complexity index is 409. The lowest BCUT2D eigenvalue weighted by Gasteiger charge is -2.14. The molecule has 0 bridgehead atoms. The van der Waals surface area contributed by atoms with Crippen molar-refractivity contribution in [1.82, 2.24) is 0 Å². The maximum Gasteiger partial charge on any atom is 0.241 e. The summed E-state index contributed by atoms with van der Waals surface area (Å²) in [5, 5.41) is 3.27. The van der Waals surface area contributed by atoms with Crippen molar-refractivity contribution in [3.8, 4) is 0 Å². The Kier molecular flexibility index (Phi) is 5.69. The van der Waals surface area contributed by atoms with Crippen LogP contribution < -0.4 is 11.1 Å². The van der Waals surface area contributed by atoms with Gasteiger partial charge in [-0.2, -0.15) is 0 Å². The van der Waals surface area contributed by atoms with Crippen LogP contribution in [0.4, 0.5) is 5.69 Å². The SMILES string of the molecule is CC(C)CC(N)C(=O)Nc1ccc(I)cc1Cl. The number of halogens is 2. The van der Waals surface area contributed by atoms with Crippen molar-refractivity contribution in [2.24, 2.45) is 11.7 Å². The summed E-state index contributed by atoms with van der Waals surface area (Å²) in [4.78, 5) is 11.8. The molecule has 0 spiro atoms. The molecular formula is C12H16ClIN2O. The van der Waals surface area contributed by atoms with Gasteiger partial charge < -0.3 is 11.1 Å². The molecule has 0 aromatic heterocycles. The minimum atomic E-state index is -0.495. The van der Waals surface area contributed by atoms with Crippen LogP contribution >= 0.6 is 34.2 Å². The molecule has 1 aromatic rings. The number of carbonyl (C=O) groups excluding carboxylic acids is 1. The van der Waals surface area contributed by atoms with Gasteiger partial charge in [0.05, 0.1) is 16.8 Å². The maximum atomic E-state index is 11.8. The van der Waals surface area contributed by atoms with Gasteiger partial charge in [0.1, 0.15) is 0 Å². The summed E-state index contributed by atoms with van der Waals surface area (Å²) in [6.07, 6.45) is 0.661. The third-order valence-electron chi connectivity index (χ3n) is 2.25. The predicted octanol–water partition coefficient (Wildman–Crippen LogP) is 3.26. The quantitative estimate of drug-likeness (QED) is 0.804. The zero-order valence-electron chi connectivity index (χ0n) is 9.84. The van der Waals surface area contributed by atoms with Crippen molar-refractivity contribution >= 4 is 45.8 Å². The molecule has 0 fully saturated rings. The van der Waals surface area contributed by atoms with E-state index in [4.69, 9.17) is 17.3 Å². The highest BCUT2D eigenvalue weighted by molar-refractivity contribution is 14.1. The Morgan fingerprint density at radius 2 is 2.18 bits per heavy atom. The summed E-state index contributed by atoms with van der Waals surface area (Å²) < 4.78 is 1.03. The van der Waals surface area contributed by atoms with Crippen molar-refractivity contribution < 1.29 is 4.79 Å². The molecule has 0 saturated carbocycles. The first-order valence-corrected chi connectivity index (χ1v) is 6.87. The Labute approximate surface area is 120 Å². The molecule has 1 rings (SSSR count). The van der Waals surface area contributed by atoms with Gasteiger partial charge in [0.2, 0.25) is 5.91 Å². The van der Waals surface area contributed by atoms with E-state index in [0.29, 0.717) is 23.0 Å². The molecular weight excluding hydrogens is 351 g/mol. The third-order valence-corrected chi connectivity index (χ3v) is 3.23. The molecule has 1 aromatic carbocycles. The number of nitrogens with one attached hydrogen (secondary N) is 1. The van der Waals surface area contributed by atoms with Crippen LogP contribution in [0.15, 0.2) is 18.2 Å². The summed E-state index contributed by atoms with van der Waals surface area (Å²) in [6, 6.07) is 4.97. The highest BCUT2D eigenvalue weighted by atomic mass is 127. The van der Waals surface area contributed by atoms with Gasteiger partial charge in [-0.3, -0.25) is 4.79 Å². The zero-order valence-corrected chi connectivity index (χ0v) is 12.7. The lowest BCUT2D eigenvalue weighted by Crippen LogP contribution is -2.36. The molecule has 0 aliphatic heterocycles. The van der Waals surface area contributed by atoms with Crippen molar-refractivity contribution in [1.29, 1.82) is 0 Å². The van der Waals surface area contributed by atoms with E-state index >= 15 is 0 Å². The Morgan fingerprint density at radius 3 is 2.71 bits per heavy atom. The van der Waals surface area contributed by atoms with Gasteiger partial charge >= 0.3 is 0 Å². The Hall–Kier alpha value is -0.330. The van der Waals surface area contributed by atoms with Gasteiger partial charge in [-0.1, -0.05) is 25.4 Å². The molecule has 0 saturated heterocycles. The number of nitrogens with two attached hydrogens (primary N) is 1. The van der Waals surface area contributed by atoms with E-state index in [9.17, 15) is 4.79 Å². The van der Waals surface area contributed by atoms with Crippen LogP contribution in [-0.2, 0) is 4.79 Å². The van der Waals surface area contributed by atoms with E-state index in [1.54, 1.807) is 12.1 Å². The van der Waals surface area contributed by atoms with Crippen LogP contribution in [0.5, 0.6) is 0 Å². The summed E-state index contributed by atoms with van der Waals surface area (Å²) in [7, 11) is 0. The van der Waals surface area contributed by atoms with E-state index in [0.717, 1.165) is 3.57 Å². The van der Waals surface area contributed by atoms with Crippen LogP contribution in [0, 0.1) is 9.49 Å². The molecule has 0 radical (unpaired) electrons. The van der Waals surface area contributed by atoms with Gasteiger partial charge in [-0.15, -0.1) is 0 Å². The molecule has 0 aliphatic rings. The monoisotopic (exact) mass is 366 g/mol. The molecule has 94 valence electrons. The normalized spacial score (nSPS) is 12.6. The number of hydrogen-bond acceptors (Lipinski definition) is 2. The number of anilines is 1. The van der Waals surface area contributed by atoms with Crippen molar-refractivity contribution in [2.75, 3.05) is 5.32 Å². The lowest BCUT2D eigenvalue weighted by atomic mass is 10.0. The fraction of sp³-hybridized carbons (Fsp3) is 0.417. The van der Waals surface area contributed by atoms with Crippen LogP contribution in [-0.4, -0.2) is 11.9 Å². The molecule has 3 N–H and O–H groups in total. The smallest absolute Gasteiger partial charge is 0.241 e. The predicted molar refractivity (Wildman–Crippen MR) is 80.2 cm³/mol. The minimum absolute atomic E-state index is 0.193. The largest absolute Gasteiger partial charge is 0.323 e. The summed E-state index contributed by atoms with van der Waals surface area (Å²) >= 11 is 8.19. The average Bonchev–Trinajstić information content (AvgIpc) is 2.21. The Balaban J connectivity index is 2.67. The minimum Gasteiger partial charge on any atom is -0.323 e. The topological polar surface area (TPSA) is 55.1 Å². The van der Waals surface area contributed by atoms with Gasteiger partial charge in [0.25, 0.3) is 0 Å². The van der Waals surface area contributed by atoms with Gasteiger partial charge in [-0.05, 0) is 53.1 Å². The number of benzene rings is 1. The van der Waals surface area contributed by atoms with Gasteiger partial charge in [0.15, 0.2) is 0 Å². The van der Waals surface area contributed by atoms with Crippen molar-refractivity contribution in [2.45, 2.75) is 26.3 Å². The van der Waals surface area contributed by atoms with E-state index in [1.165, 1.54) is 0 Å². The van der Waals surface area contributed by atoms with E-state index < -0.39 is 6.04 Å². The summed E-state index contributed by atoms with van der Waals surface area (Å²) in [6.45, 7) is 4.07.